The fourth-order valence-corrected chi connectivity index (χ4v) is 6.14. The summed E-state index contributed by atoms with van der Waals surface area (Å²) in [5, 5.41) is 5.95. The highest BCUT2D eigenvalue weighted by molar-refractivity contribution is 5.83. The average molecular weight is 392 g/mol. The maximum atomic E-state index is 13.2. The molecule has 0 heterocycles. The molecule has 0 spiro atoms. The Labute approximate surface area is 166 Å². The number of amides is 2. The Bertz CT molecular complexity index is 677. The molecule has 0 radical (unpaired) electrons. The van der Waals surface area contributed by atoms with Crippen molar-refractivity contribution >= 4 is 18.0 Å². The van der Waals surface area contributed by atoms with Gasteiger partial charge in [-0.05, 0) is 83.5 Å². The summed E-state index contributed by atoms with van der Waals surface area (Å²) in [7, 11) is 1.46. The van der Waals surface area contributed by atoms with Crippen LogP contribution in [0.15, 0.2) is 0 Å². The molecule has 0 aliphatic heterocycles. The summed E-state index contributed by atoms with van der Waals surface area (Å²) in [6.45, 7) is 5.45. The minimum atomic E-state index is -0.673. The summed E-state index contributed by atoms with van der Waals surface area (Å²) in [5.74, 6) is 0.811. The van der Waals surface area contributed by atoms with E-state index < -0.39 is 17.4 Å². The summed E-state index contributed by atoms with van der Waals surface area (Å²) in [4.78, 5) is 37.7. The Hall–Kier alpha value is -1.79. The zero-order valence-electron chi connectivity index (χ0n) is 17.3. The lowest BCUT2D eigenvalue weighted by atomic mass is 9.46. The molecule has 156 valence electrons. The molecule has 5 fully saturated rings. The maximum Gasteiger partial charge on any atom is 0.409 e. The Kier molecular flexibility index (Phi) is 4.43. The third-order valence-corrected chi connectivity index (χ3v) is 7.05. The molecule has 0 aromatic rings. The van der Waals surface area contributed by atoms with Crippen LogP contribution >= 0.6 is 0 Å². The predicted molar refractivity (Wildman–Crippen MR) is 101 cm³/mol. The van der Waals surface area contributed by atoms with Crippen molar-refractivity contribution < 1.29 is 23.9 Å². The molecule has 2 amide bonds. The molecule has 5 aliphatic rings. The first-order valence-corrected chi connectivity index (χ1v) is 10.5. The van der Waals surface area contributed by atoms with Crippen LogP contribution < -0.4 is 10.6 Å². The lowest BCUT2D eigenvalue weighted by Gasteiger charge is -2.58. The number of alkyl carbamates (subject to hydrolysis) is 1. The zero-order valence-corrected chi connectivity index (χ0v) is 17.3. The first-order chi connectivity index (χ1) is 13.0. The van der Waals surface area contributed by atoms with Gasteiger partial charge >= 0.3 is 12.1 Å². The molecule has 0 aromatic heterocycles. The van der Waals surface area contributed by atoms with Gasteiger partial charge in [0, 0.05) is 5.92 Å². The van der Waals surface area contributed by atoms with Crippen LogP contribution in [0.5, 0.6) is 0 Å². The van der Waals surface area contributed by atoms with Crippen LogP contribution in [0.25, 0.3) is 0 Å². The normalized spacial score (nSPS) is 37.1. The van der Waals surface area contributed by atoms with Gasteiger partial charge in [-0.25, -0.2) is 4.79 Å². The number of nitrogens with one attached hydrogen (secondary N) is 2. The molecule has 5 rings (SSSR count). The van der Waals surface area contributed by atoms with Crippen molar-refractivity contribution in [3.05, 3.63) is 0 Å². The number of hydrogen-bond donors (Lipinski definition) is 2. The third kappa shape index (κ3) is 3.48. The molecule has 0 saturated heterocycles. The smallest absolute Gasteiger partial charge is 0.409 e. The van der Waals surface area contributed by atoms with E-state index in [1.165, 1.54) is 7.11 Å². The number of rotatable bonds is 4. The lowest BCUT2D eigenvalue weighted by molar-refractivity contribution is -0.177. The van der Waals surface area contributed by atoms with Gasteiger partial charge in [-0.2, -0.15) is 0 Å². The average Bonchev–Trinajstić information content (AvgIpc) is 3.29. The highest BCUT2D eigenvalue weighted by Crippen LogP contribution is 2.62. The first-order valence-electron chi connectivity index (χ1n) is 10.5. The van der Waals surface area contributed by atoms with Crippen molar-refractivity contribution in [1.29, 1.82) is 0 Å². The number of hydrogen-bond acceptors (Lipinski definition) is 5. The molecule has 5 aliphatic carbocycles. The van der Waals surface area contributed by atoms with E-state index in [1.54, 1.807) is 0 Å². The molecule has 2 atom stereocenters. The lowest BCUT2D eigenvalue weighted by Crippen LogP contribution is -2.60. The van der Waals surface area contributed by atoms with Crippen LogP contribution in [0.1, 0.15) is 65.7 Å². The number of esters is 1. The van der Waals surface area contributed by atoms with E-state index in [0.717, 1.165) is 44.9 Å². The van der Waals surface area contributed by atoms with Gasteiger partial charge in [-0.3, -0.25) is 14.9 Å². The molecule has 28 heavy (non-hydrogen) atoms. The van der Waals surface area contributed by atoms with Crippen molar-refractivity contribution in [2.45, 2.75) is 77.0 Å². The molecule has 0 aromatic carbocycles. The fourth-order valence-electron chi connectivity index (χ4n) is 6.14. The van der Waals surface area contributed by atoms with E-state index in [1.807, 2.05) is 20.8 Å². The Morgan fingerprint density at radius 3 is 2.07 bits per heavy atom. The highest BCUT2D eigenvalue weighted by Gasteiger charge is 2.61. The molecular weight excluding hydrogens is 360 g/mol. The number of methoxy groups -OCH3 is 1. The predicted octanol–water partition coefficient (Wildman–Crippen LogP) is 2.73. The minimum absolute atomic E-state index is 0.0161. The van der Waals surface area contributed by atoms with Crippen LogP contribution in [0.3, 0.4) is 0 Å². The number of carbonyl (C=O) groups excluding carboxylic acids is 3. The summed E-state index contributed by atoms with van der Waals surface area (Å²) in [5.41, 5.74) is -1.63. The minimum Gasteiger partial charge on any atom is -0.469 e. The molecule has 4 bridgehead atoms. The molecule has 7 heteroatoms. The van der Waals surface area contributed by atoms with Crippen molar-refractivity contribution in [3.8, 4) is 0 Å². The molecular formula is C21H32N2O5. The summed E-state index contributed by atoms with van der Waals surface area (Å²) >= 11 is 0. The number of carbonyl (C=O) groups is 3. The maximum absolute atomic E-state index is 13.2. The third-order valence-electron chi connectivity index (χ3n) is 7.05. The summed E-state index contributed by atoms with van der Waals surface area (Å²) < 4.78 is 10.4. The van der Waals surface area contributed by atoms with Gasteiger partial charge in [0.1, 0.15) is 11.3 Å². The quantitative estimate of drug-likeness (QED) is 0.567. The van der Waals surface area contributed by atoms with Crippen LogP contribution in [-0.4, -0.2) is 36.3 Å². The molecule has 2 unspecified atom stereocenters. The monoisotopic (exact) mass is 392 g/mol. The first kappa shape index (κ1) is 19.5. The van der Waals surface area contributed by atoms with E-state index in [-0.39, 0.29) is 35.0 Å². The van der Waals surface area contributed by atoms with E-state index in [9.17, 15) is 14.4 Å². The van der Waals surface area contributed by atoms with Gasteiger partial charge in [-0.1, -0.05) is 0 Å². The van der Waals surface area contributed by atoms with Crippen molar-refractivity contribution in [1.82, 2.24) is 10.6 Å². The van der Waals surface area contributed by atoms with Crippen molar-refractivity contribution in [3.63, 3.8) is 0 Å². The van der Waals surface area contributed by atoms with Crippen LogP contribution in [0.4, 0.5) is 4.79 Å². The Morgan fingerprint density at radius 2 is 1.57 bits per heavy atom. The Morgan fingerprint density at radius 1 is 0.964 bits per heavy atom. The molecule has 2 N–H and O–H groups in total. The highest BCUT2D eigenvalue weighted by atomic mass is 16.6. The molecule has 5 saturated carbocycles. The largest absolute Gasteiger partial charge is 0.469 e. The number of ether oxygens (including phenoxy) is 2. The van der Waals surface area contributed by atoms with E-state index in [0.29, 0.717) is 5.92 Å². The van der Waals surface area contributed by atoms with E-state index in [4.69, 9.17) is 9.47 Å². The van der Waals surface area contributed by atoms with Gasteiger partial charge < -0.3 is 14.8 Å². The van der Waals surface area contributed by atoms with Crippen molar-refractivity contribution in [2.24, 2.45) is 29.1 Å². The van der Waals surface area contributed by atoms with Crippen molar-refractivity contribution in [2.75, 3.05) is 7.11 Å². The summed E-state index contributed by atoms with van der Waals surface area (Å²) in [6, 6.07) is 0. The standard InChI is InChI=1S/C21H32N2O5/c1-19(2,3)28-18(26)23-21(5-6-21)22-16(24)15-13-7-12-8-14(15)11-20(9-12,10-13)17(25)27-4/h12-15H,5-11H2,1-4H3,(H,22,24)(H,23,26). The second-order valence-corrected chi connectivity index (χ2v) is 10.5. The van der Waals surface area contributed by atoms with Crippen LogP contribution in [0, 0.1) is 29.1 Å². The summed E-state index contributed by atoms with van der Waals surface area (Å²) in [6.07, 6.45) is 5.36. The SMILES string of the molecule is COC(=O)C12CC3CC(C1)C(C(=O)NC1(NC(=O)OC(C)(C)C)CC1)C(C3)C2. The van der Waals surface area contributed by atoms with Gasteiger partial charge in [0.2, 0.25) is 5.91 Å². The Balaban J connectivity index is 1.41. The fraction of sp³-hybridized carbons (Fsp3) is 0.857. The second-order valence-electron chi connectivity index (χ2n) is 10.5. The van der Waals surface area contributed by atoms with E-state index in [2.05, 4.69) is 10.6 Å². The van der Waals surface area contributed by atoms with Crippen LogP contribution in [0.2, 0.25) is 0 Å². The van der Waals surface area contributed by atoms with Gasteiger partial charge in [0.15, 0.2) is 0 Å². The van der Waals surface area contributed by atoms with Crippen LogP contribution in [-0.2, 0) is 19.1 Å². The van der Waals surface area contributed by atoms with E-state index >= 15 is 0 Å². The molecule has 7 nitrogen and oxygen atoms in total. The van der Waals surface area contributed by atoms with Gasteiger partial charge in [0.25, 0.3) is 0 Å². The topological polar surface area (TPSA) is 93.7 Å². The zero-order chi connectivity index (χ0) is 20.3. The van der Waals surface area contributed by atoms with Gasteiger partial charge in [0.05, 0.1) is 12.5 Å². The second kappa shape index (κ2) is 6.36. The van der Waals surface area contributed by atoms with Gasteiger partial charge in [-0.15, -0.1) is 0 Å².